The number of hydrogen-bond donors (Lipinski definition) is 3. The number of likely N-dealkylation sites (tertiary alicyclic amines) is 1. The van der Waals surface area contributed by atoms with Gasteiger partial charge >= 0.3 is 5.97 Å². The van der Waals surface area contributed by atoms with Crippen LogP contribution in [0.4, 0.5) is 11.5 Å². The zero-order chi connectivity index (χ0) is 27.0. The minimum absolute atomic E-state index is 0. The molecule has 1 amide bonds. The number of carbonyl (C=O) groups is 2. The standard InChI is InChI=1S/C30H41N5O4.ClH/c36-28(37)20-27(23-5-1-9-26(19-23)35-15-17-39-18-16-35)33-30(38)24-7-3-13-34(21-24)14-4-8-25-11-10-22-6-2-12-31-29(22)32-25;/h1,5,9-11,19,24,27H,2-4,6-8,12-18,20-21H2,(H,31,32)(H,33,38)(H,36,37);1H/t24-,27+;/m1./s1. The van der Waals surface area contributed by atoms with Gasteiger partial charge in [-0.2, -0.15) is 0 Å². The van der Waals surface area contributed by atoms with Crippen LogP contribution in [-0.2, 0) is 27.2 Å². The molecule has 2 aromatic rings. The van der Waals surface area contributed by atoms with Crippen LogP contribution < -0.4 is 15.5 Å². The average molecular weight is 572 g/mol. The molecule has 218 valence electrons. The Morgan fingerprint density at radius 2 is 2.00 bits per heavy atom. The van der Waals surface area contributed by atoms with E-state index in [9.17, 15) is 14.7 Å². The highest BCUT2D eigenvalue weighted by Crippen LogP contribution is 2.26. The molecule has 40 heavy (non-hydrogen) atoms. The Morgan fingerprint density at radius 1 is 1.15 bits per heavy atom. The quantitative estimate of drug-likeness (QED) is 0.396. The van der Waals surface area contributed by atoms with Crippen LogP contribution in [0.15, 0.2) is 36.4 Å². The number of aryl methyl sites for hydroxylation is 2. The summed E-state index contributed by atoms with van der Waals surface area (Å²) in [6.07, 6.45) is 5.83. The molecule has 0 saturated carbocycles. The van der Waals surface area contributed by atoms with E-state index in [-0.39, 0.29) is 30.7 Å². The molecule has 3 N–H and O–H groups in total. The van der Waals surface area contributed by atoms with E-state index in [2.05, 4.69) is 32.6 Å². The van der Waals surface area contributed by atoms with Crippen molar-refractivity contribution in [2.75, 3.05) is 62.7 Å². The minimum atomic E-state index is -0.923. The first-order chi connectivity index (χ1) is 19.0. The number of amides is 1. The Labute approximate surface area is 243 Å². The monoisotopic (exact) mass is 571 g/mol. The fourth-order valence-electron chi connectivity index (χ4n) is 5.94. The Bertz CT molecular complexity index is 1140. The van der Waals surface area contributed by atoms with Crippen LogP contribution in [-0.4, -0.2) is 79.3 Å². The Morgan fingerprint density at radius 3 is 2.83 bits per heavy atom. The Hall–Kier alpha value is -2.88. The SMILES string of the molecule is Cl.O=C(O)C[C@H](NC(=O)[C@@H]1CCCN(CCCc2ccc3c(n2)NCCC3)C1)c1cccc(N2CCOCC2)c1. The number of carboxylic acids is 1. The molecule has 0 aliphatic carbocycles. The number of aromatic nitrogens is 1. The molecule has 2 saturated heterocycles. The van der Waals surface area contributed by atoms with E-state index in [0.29, 0.717) is 19.8 Å². The number of nitrogens with zero attached hydrogens (tertiary/aromatic N) is 3. The van der Waals surface area contributed by atoms with Crippen molar-refractivity contribution >= 4 is 35.8 Å². The summed E-state index contributed by atoms with van der Waals surface area (Å²) < 4.78 is 5.46. The highest BCUT2D eigenvalue weighted by molar-refractivity contribution is 5.85. The Kier molecular flexibility index (Phi) is 11.0. The molecule has 2 atom stereocenters. The second kappa shape index (κ2) is 14.7. The summed E-state index contributed by atoms with van der Waals surface area (Å²) >= 11 is 0. The lowest BCUT2D eigenvalue weighted by molar-refractivity contribution is -0.138. The van der Waals surface area contributed by atoms with Gasteiger partial charge in [-0.25, -0.2) is 4.98 Å². The second-order valence-electron chi connectivity index (χ2n) is 10.9. The van der Waals surface area contributed by atoms with E-state index in [0.717, 1.165) is 94.0 Å². The van der Waals surface area contributed by atoms with Gasteiger partial charge in [0.15, 0.2) is 0 Å². The van der Waals surface area contributed by atoms with Crippen molar-refractivity contribution in [1.29, 1.82) is 0 Å². The highest BCUT2D eigenvalue weighted by atomic mass is 35.5. The number of carbonyl (C=O) groups excluding carboxylic acids is 1. The molecule has 5 rings (SSSR count). The number of morpholine rings is 1. The summed E-state index contributed by atoms with van der Waals surface area (Å²) in [6, 6.07) is 11.7. The third kappa shape index (κ3) is 8.08. The first kappa shape index (κ1) is 30.1. The lowest BCUT2D eigenvalue weighted by Gasteiger charge is -2.33. The summed E-state index contributed by atoms with van der Waals surface area (Å²) in [5, 5.41) is 16.1. The molecule has 0 radical (unpaired) electrons. The number of pyridine rings is 1. The van der Waals surface area contributed by atoms with E-state index in [1.807, 2.05) is 24.3 Å². The molecule has 3 aliphatic rings. The molecule has 1 aromatic heterocycles. The molecule has 0 unspecified atom stereocenters. The van der Waals surface area contributed by atoms with Gasteiger partial charge < -0.3 is 30.3 Å². The number of ether oxygens (including phenoxy) is 1. The first-order valence-electron chi connectivity index (χ1n) is 14.4. The third-order valence-corrected chi connectivity index (χ3v) is 8.08. The number of aliphatic carboxylic acids is 1. The molecule has 1 aromatic carbocycles. The van der Waals surface area contributed by atoms with Crippen molar-refractivity contribution in [2.24, 2.45) is 5.92 Å². The van der Waals surface area contributed by atoms with Gasteiger partial charge in [-0.3, -0.25) is 9.59 Å². The fraction of sp³-hybridized carbons (Fsp3) is 0.567. The van der Waals surface area contributed by atoms with Crippen molar-refractivity contribution in [3.8, 4) is 0 Å². The van der Waals surface area contributed by atoms with Crippen LogP contribution in [0.3, 0.4) is 0 Å². The maximum Gasteiger partial charge on any atom is 0.305 e. The van der Waals surface area contributed by atoms with Gasteiger partial charge in [0.25, 0.3) is 0 Å². The number of rotatable bonds is 10. The number of carboxylic acid groups (broad SMARTS) is 1. The molecule has 10 heteroatoms. The van der Waals surface area contributed by atoms with Crippen LogP contribution in [0, 0.1) is 5.92 Å². The van der Waals surface area contributed by atoms with E-state index < -0.39 is 12.0 Å². The van der Waals surface area contributed by atoms with Gasteiger partial charge in [0.2, 0.25) is 5.91 Å². The lowest BCUT2D eigenvalue weighted by atomic mass is 9.95. The zero-order valence-electron chi connectivity index (χ0n) is 23.1. The van der Waals surface area contributed by atoms with E-state index in [1.54, 1.807) is 0 Å². The Balaban J connectivity index is 0.00000370. The summed E-state index contributed by atoms with van der Waals surface area (Å²) in [6.45, 7) is 6.58. The molecule has 9 nitrogen and oxygen atoms in total. The highest BCUT2D eigenvalue weighted by Gasteiger charge is 2.28. The van der Waals surface area contributed by atoms with Crippen LogP contribution in [0.2, 0.25) is 0 Å². The minimum Gasteiger partial charge on any atom is -0.481 e. The number of anilines is 2. The third-order valence-electron chi connectivity index (χ3n) is 8.08. The smallest absolute Gasteiger partial charge is 0.305 e. The van der Waals surface area contributed by atoms with Crippen molar-refractivity contribution in [2.45, 2.75) is 51.0 Å². The van der Waals surface area contributed by atoms with Crippen molar-refractivity contribution < 1.29 is 19.4 Å². The average Bonchev–Trinajstić information content (AvgIpc) is 2.97. The van der Waals surface area contributed by atoms with Gasteiger partial charge in [0.05, 0.1) is 31.6 Å². The van der Waals surface area contributed by atoms with E-state index >= 15 is 0 Å². The lowest BCUT2D eigenvalue weighted by Crippen LogP contribution is -2.44. The fourth-order valence-corrected chi connectivity index (χ4v) is 5.94. The molecule has 0 bridgehead atoms. The number of halogens is 1. The molecule has 2 fully saturated rings. The molecule has 4 heterocycles. The summed E-state index contributed by atoms with van der Waals surface area (Å²) in [5.41, 5.74) is 4.29. The van der Waals surface area contributed by atoms with Gasteiger partial charge in [0.1, 0.15) is 5.82 Å². The molecule has 3 aliphatic heterocycles. The topological polar surface area (TPSA) is 107 Å². The van der Waals surface area contributed by atoms with Gasteiger partial charge in [-0.1, -0.05) is 18.2 Å². The van der Waals surface area contributed by atoms with Crippen molar-refractivity contribution in [1.82, 2.24) is 15.2 Å². The van der Waals surface area contributed by atoms with Crippen LogP contribution >= 0.6 is 12.4 Å². The largest absolute Gasteiger partial charge is 0.481 e. The summed E-state index contributed by atoms with van der Waals surface area (Å²) in [5.74, 6) is -0.0677. The van der Waals surface area contributed by atoms with Crippen LogP contribution in [0.5, 0.6) is 0 Å². The second-order valence-corrected chi connectivity index (χ2v) is 10.9. The predicted molar refractivity (Wildman–Crippen MR) is 158 cm³/mol. The van der Waals surface area contributed by atoms with Gasteiger partial charge in [-0.15, -0.1) is 12.4 Å². The number of nitrogens with one attached hydrogen (secondary N) is 2. The predicted octanol–water partition coefficient (Wildman–Crippen LogP) is 3.67. The number of benzene rings is 1. The van der Waals surface area contributed by atoms with Gasteiger partial charge in [0, 0.05) is 37.6 Å². The first-order valence-corrected chi connectivity index (χ1v) is 14.4. The molecule has 0 spiro atoms. The number of piperidine rings is 1. The van der Waals surface area contributed by atoms with Crippen molar-refractivity contribution in [3.05, 3.63) is 53.2 Å². The summed E-state index contributed by atoms with van der Waals surface area (Å²) in [4.78, 5) is 34.5. The zero-order valence-corrected chi connectivity index (χ0v) is 24.0. The van der Waals surface area contributed by atoms with Crippen LogP contribution in [0.1, 0.15) is 55.0 Å². The molecular formula is C30H42ClN5O4. The van der Waals surface area contributed by atoms with E-state index in [4.69, 9.17) is 9.72 Å². The number of hydrogen-bond acceptors (Lipinski definition) is 7. The van der Waals surface area contributed by atoms with E-state index in [1.165, 1.54) is 5.56 Å². The number of fused-ring (bicyclic) bond motifs is 1. The summed E-state index contributed by atoms with van der Waals surface area (Å²) in [7, 11) is 0. The molecular weight excluding hydrogens is 530 g/mol. The maximum atomic E-state index is 13.4. The van der Waals surface area contributed by atoms with Crippen LogP contribution in [0.25, 0.3) is 0 Å². The van der Waals surface area contributed by atoms with Gasteiger partial charge in [-0.05, 0) is 80.9 Å². The van der Waals surface area contributed by atoms with Crippen molar-refractivity contribution in [3.63, 3.8) is 0 Å². The normalized spacial score (nSPS) is 20.0. The maximum absolute atomic E-state index is 13.4.